The van der Waals surface area contributed by atoms with E-state index in [1.54, 1.807) is 18.2 Å². The number of benzene rings is 3. The topological polar surface area (TPSA) is 58.2 Å². The molecule has 4 nitrogen and oxygen atoms in total. The summed E-state index contributed by atoms with van der Waals surface area (Å²) in [5, 5.41) is 5.59. The third-order valence-electron chi connectivity index (χ3n) is 4.26. The summed E-state index contributed by atoms with van der Waals surface area (Å²) in [6, 6.07) is 22.2. The van der Waals surface area contributed by atoms with Gasteiger partial charge in [0, 0.05) is 15.7 Å². The van der Waals surface area contributed by atoms with Gasteiger partial charge in [0.1, 0.15) is 5.70 Å². The van der Waals surface area contributed by atoms with Crippen LogP contribution in [0.3, 0.4) is 0 Å². The fraction of sp³-hybridized carbons (Fsp3) is 0.0833. The number of hydrogen-bond donors (Lipinski definition) is 2. The number of hydrogen-bond acceptors (Lipinski definition) is 2. The molecule has 0 bridgehead atoms. The van der Waals surface area contributed by atoms with Crippen molar-refractivity contribution in [1.29, 1.82) is 0 Å². The molecule has 0 radical (unpaired) electrons. The fourth-order valence-corrected chi connectivity index (χ4v) is 2.96. The number of halogens is 1. The lowest BCUT2D eigenvalue weighted by Gasteiger charge is -2.12. The standard InChI is InChI=1S/C24H21BrN2O2/c1-16-6-12-21(13-7-16)26-24(29)22(15-18-8-10-20(25)11-9-18)27-23(28)19-5-3-4-17(2)14-19/h3-15H,1-2H3,(H,26,29)(H,27,28). The molecule has 0 aliphatic rings. The lowest BCUT2D eigenvalue weighted by Crippen LogP contribution is -2.30. The van der Waals surface area contributed by atoms with Gasteiger partial charge in [-0.15, -0.1) is 0 Å². The van der Waals surface area contributed by atoms with Gasteiger partial charge in [-0.25, -0.2) is 0 Å². The normalized spacial score (nSPS) is 11.1. The molecule has 0 atom stereocenters. The Hall–Kier alpha value is -3.18. The largest absolute Gasteiger partial charge is 0.321 e. The molecule has 3 aromatic rings. The molecule has 3 aromatic carbocycles. The molecular formula is C24H21BrN2O2. The highest BCUT2D eigenvalue weighted by molar-refractivity contribution is 9.10. The maximum atomic E-state index is 12.9. The summed E-state index contributed by atoms with van der Waals surface area (Å²) in [4.78, 5) is 25.6. The minimum Gasteiger partial charge on any atom is -0.321 e. The van der Waals surface area contributed by atoms with Gasteiger partial charge < -0.3 is 10.6 Å². The molecule has 0 saturated heterocycles. The molecule has 0 saturated carbocycles. The van der Waals surface area contributed by atoms with Crippen LogP contribution in [0.2, 0.25) is 0 Å². The quantitative estimate of drug-likeness (QED) is 0.507. The molecule has 2 amide bonds. The van der Waals surface area contributed by atoms with Crippen molar-refractivity contribution in [3.63, 3.8) is 0 Å². The first kappa shape index (κ1) is 20.6. The van der Waals surface area contributed by atoms with Crippen LogP contribution in [0.1, 0.15) is 27.0 Å². The van der Waals surface area contributed by atoms with Crippen LogP contribution in [-0.4, -0.2) is 11.8 Å². The first-order chi connectivity index (χ1) is 13.9. The van der Waals surface area contributed by atoms with Crippen molar-refractivity contribution in [2.75, 3.05) is 5.32 Å². The molecule has 0 unspecified atom stereocenters. The molecule has 0 aliphatic heterocycles. The van der Waals surface area contributed by atoms with Crippen molar-refractivity contribution in [1.82, 2.24) is 5.32 Å². The first-order valence-electron chi connectivity index (χ1n) is 9.14. The van der Waals surface area contributed by atoms with E-state index in [0.717, 1.165) is 21.2 Å². The van der Waals surface area contributed by atoms with E-state index in [4.69, 9.17) is 0 Å². The summed E-state index contributed by atoms with van der Waals surface area (Å²) in [5.74, 6) is -0.728. The zero-order chi connectivity index (χ0) is 20.8. The zero-order valence-corrected chi connectivity index (χ0v) is 17.8. The second-order valence-corrected chi connectivity index (χ2v) is 7.67. The van der Waals surface area contributed by atoms with Gasteiger partial charge >= 0.3 is 0 Å². The lowest BCUT2D eigenvalue weighted by atomic mass is 10.1. The van der Waals surface area contributed by atoms with Crippen molar-refractivity contribution in [2.24, 2.45) is 0 Å². The summed E-state index contributed by atoms with van der Waals surface area (Å²) in [7, 11) is 0. The second kappa shape index (κ2) is 9.34. The van der Waals surface area contributed by atoms with Gasteiger partial charge in [-0.3, -0.25) is 9.59 Å². The zero-order valence-electron chi connectivity index (χ0n) is 16.2. The predicted octanol–water partition coefficient (Wildman–Crippen LogP) is 5.48. The Balaban J connectivity index is 1.88. The Labute approximate surface area is 178 Å². The van der Waals surface area contributed by atoms with E-state index in [0.29, 0.717) is 11.3 Å². The van der Waals surface area contributed by atoms with Crippen molar-refractivity contribution >= 4 is 39.5 Å². The molecule has 2 N–H and O–H groups in total. The summed E-state index contributed by atoms with van der Waals surface area (Å²) in [6.45, 7) is 3.89. The monoisotopic (exact) mass is 448 g/mol. The Bertz CT molecular complexity index is 1050. The smallest absolute Gasteiger partial charge is 0.272 e. The Morgan fingerprint density at radius 1 is 0.862 bits per heavy atom. The molecule has 0 spiro atoms. The van der Waals surface area contributed by atoms with E-state index in [-0.39, 0.29) is 11.6 Å². The van der Waals surface area contributed by atoms with Gasteiger partial charge in [-0.05, 0) is 61.9 Å². The summed E-state index contributed by atoms with van der Waals surface area (Å²) in [6.07, 6.45) is 1.66. The Morgan fingerprint density at radius 3 is 2.21 bits per heavy atom. The third-order valence-corrected chi connectivity index (χ3v) is 4.79. The Kier molecular flexibility index (Phi) is 6.62. The van der Waals surface area contributed by atoms with Crippen molar-refractivity contribution in [3.8, 4) is 0 Å². The predicted molar refractivity (Wildman–Crippen MR) is 121 cm³/mol. The van der Waals surface area contributed by atoms with Gasteiger partial charge in [0.2, 0.25) is 0 Å². The molecule has 3 rings (SSSR count). The van der Waals surface area contributed by atoms with E-state index in [1.807, 2.05) is 74.5 Å². The summed E-state index contributed by atoms with van der Waals surface area (Å²) in [5.41, 5.74) is 4.19. The number of aryl methyl sites for hydroxylation is 2. The number of nitrogens with one attached hydrogen (secondary N) is 2. The van der Waals surface area contributed by atoms with Crippen molar-refractivity contribution < 1.29 is 9.59 Å². The van der Waals surface area contributed by atoms with E-state index >= 15 is 0 Å². The van der Waals surface area contributed by atoms with Crippen LogP contribution in [0.5, 0.6) is 0 Å². The SMILES string of the molecule is Cc1ccc(NC(=O)C(=Cc2ccc(Br)cc2)NC(=O)c2cccc(C)c2)cc1. The van der Waals surface area contributed by atoms with Crippen molar-refractivity contribution in [2.45, 2.75) is 13.8 Å². The number of carbonyl (C=O) groups is 2. The molecule has 29 heavy (non-hydrogen) atoms. The molecule has 0 aliphatic carbocycles. The van der Waals surface area contributed by atoms with E-state index in [2.05, 4.69) is 26.6 Å². The molecule has 5 heteroatoms. The minimum absolute atomic E-state index is 0.166. The maximum Gasteiger partial charge on any atom is 0.272 e. The molecule has 0 fully saturated rings. The van der Waals surface area contributed by atoms with Gasteiger partial charge in [0.25, 0.3) is 11.8 Å². The second-order valence-electron chi connectivity index (χ2n) is 6.75. The average Bonchev–Trinajstić information content (AvgIpc) is 2.70. The molecule has 146 valence electrons. The van der Waals surface area contributed by atoms with Crippen LogP contribution in [0.4, 0.5) is 5.69 Å². The average molecular weight is 449 g/mol. The van der Waals surface area contributed by atoms with Crippen LogP contribution in [-0.2, 0) is 4.79 Å². The van der Waals surface area contributed by atoms with Gasteiger partial charge in [-0.1, -0.05) is 63.5 Å². The number of rotatable bonds is 5. The van der Waals surface area contributed by atoms with E-state index < -0.39 is 5.91 Å². The highest BCUT2D eigenvalue weighted by Gasteiger charge is 2.15. The summed E-state index contributed by atoms with van der Waals surface area (Å²) < 4.78 is 0.934. The number of amides is 2. The molecular weight excluding hydrogens is 428 g/mol. The maximum absolute atomic E-state index is 12.9. The van der Waals surface area contributed by atoms with Crippen LogP contribution >= 0.6 is 15.9 Å². The molecule has 0 heterocycles. The van der Waals surface area contributed by atoms with Crippen LogP contribution in [0.25, 0.3) is 6.08 Å². The highest BCUT2D eigenvalue weighted by Crippen LogP contribution is 2.15. The first-order valence-corrected chi connectivity index (χ1v) is 9.93. The van der Waals surface area contributed by atoms with Gasteiger partial charge in [0.05, 0.1) is 0 Å². The van der Waals surface area contributed by atoms with Gasteiger partial charge in [-0.2, -0.15) is 0 Å². The van der Waals surface area contributed by atoms with Crippen LogP contribution < -0.4 is 10.6 Å². The van der Waals surface area contributed by atoms with E-state index in [9.17, 15) is 9.59 Å². The summed E-state index contributed by atoms with van der Waals surface area (Å²) >= 11 is 3.40. The molecule has 0 aromatic heterocycles. The van der Waals surface area contributed by atoms with Gasteiger partial charge in [0.15, 0.2) is 0 Å². The fourth-order valence-electron chi connectivity index (χ4n) is 2.70. The van der Waals surface area contributed by atoms with Crippen molar-refractivity contribution in [3.05, 3.63) is 105 Å². The van der Waals surface area contributed by atoms with Crippen LogP contribution in [0.15, 0.2) is 83.0 Å². The highest BCUT2D eigenvalue weighted by atomic mass is 79.9. The number of carbonyl (C=O) groups excluding carboxylic acids is 2. The van der Waals surface area contributed by atoms with Crippen LogP contribution in [0, 0.1) is 13.8 Å². The minimum atomic E-state index is -0.391. The third kappa shape index (κ3) is 5.90. The lowest BCUT2D eigenvalue weighted by molar-refractivity contribution is -0.113. The van der Waals surface area contributed by atoms with E-state index in [1.165, 1.54) is 0 Å². The Morgan fingerprint density at radius 2 is 1.55 bits per heavy atom. The number of anilines is 1.